The number of halogens is 1. The predicted octanol–water partition coefficient (Wildman–Crippen LogP) is 3.04. The van der Waals surface area contributed by atoms with Gasteiger partial charge < -0.3 is 15.2 Å². The molecule has 8 heteroatoms. The molecule has 0 heterocycles. The lowest BCUT2D eigenvalue weighted by Gasteiger charge is -2.11. The van der Waals surface area contributed by atoms with Gasteiger partial charge in [0.25, 0.3) is 5.91 Å². The Bertz CT molecular complexity index is 765. The highest BCUT2D eigenvalue weighted by molar-refractivity contribution is 9.10. The van der Waals surface area contributed by atoms with Gasteiger partial charge in [-0.15, -0.1) is 0 Å². The number of carboxylic acids is 1. The minimum Gasteiger partial charge on any atom is -0.484 e. The molecule has 24 heavy (non-hydrogen) atoms. The van der Waals surface area contributed by atoms with E-state index in [1.54, 1.807) is 36.4 Å². The fourth-order valence-electron chi connectivity index (χ4n) is 1.73. The summed E-state index contributed by atoms with van der Waals surface area (Å²) < 4.78 is 6.24. The van der Waals surface area contributed by atoms with Crippen molar-refractivity contribution in [1.82, 2.24) is 5.32 Å². The summed E-state index contributed by atoms with van der Waals surface area (Å²) in [6, 6.07) is 13.1. The van der Waals surface area contributed by atoms with Crippen LogP contribution in [0.2, 0.25) is 0 Å². The van der Waals surface area contributed by atoms with E-state index in [1.165, 1.54) is 12.1 Å². The molecule has 0 bridgehead atoms. The summed E-state index contributed by atoms with van der Waals surface area (Å²) in [6.07, 6.45) is 0. The van der Waals surface area contributed by atoms with E-state index >= 15 is 0 Å². The van der Waals surface area contributed by atoms with E-state index in [9.17, 15) is 9.59 Å². The number of thiocarbonyl (C=S) groups is 1. The van der Waals surface area contributed by atoms with Gasteiger partial charge in [-0.2, -0.15) is 0 Å². The Morgan fingerprint density at radius 3 is 2.54 bits per heavy atom. The van der Waals surface area contributed by atoms with E-state index in [-0.39, 0.29) is 17.3 Å². The number of nitrogens with one attached hydrogen (secondary N) is 2. The Hall–Kier alpha value is -2.45. The fourth-order valence-corrected chi connectivity index (χ4v) is 2.23. The summed E-state index contributed by atoms with van der Waals surface area (Å²) >= 11 is 8.32. The Labute approximate surface area is 152 Å². The number of rotatable bonds is 5. The number of carbonyl (C=O) groups is 2. The lowest BCUT2D eigenvalue weighted by atomic mass is 10.2. The molecule has 124 valence electrons. The zero-order chi connectivity index (χ0) is 17.5. The number of anilines is 1. The Morgan fingerprint density at radius 2 is 1.88 bits per heavy atom. The Morgan fingerprint density at radius 1 is 1.17 bits per heavy atom. The smallest absolute Gasteiger partial charge is 0.335 e. The van der Waals surface area contributed by atoms with Crippen molar-refractivity contribution in [2.24, 2.45) is 0 Å². The van der Waals surface area contributed by atoms with Gasteiger partial charge in [0.05, 0.1) is 5.56 Å². The van der Waals surface area contributed by atoms with Crippen molar-refractivity contribution in [3.8, 4) is 5.75 Å². The number of aromatic carboxylic acids is 1. The van der Waals surface area contributed by atoms with Gasteiger partial charge in [-0.1, -0.05) is 22.0 Å². The first-order chi connectivity index (χ1) is 11.4. The monoisotopic (exact) mass is 408 g/mol. The minimum atomic E-state index is -1.04. The van der Waals surface area contributed by atoms with Crippen molar-refractivity contribution in [2.75, 3.05) is 11.9 Å². The molecule has 0 saturated carbocycles. The summed E-state index contributed by atoms with van der Waals surface area (Å²) in [5, 5.41) is 14.2. The van der Waals surface area contributed by atoms with Crippen LogP contribution in [0.15, 0.2) is 53.0 Å². The van der Waals surface area contributed by atoms with Crippen LogP contribution in [0.3, 0.4) is 0 Å². The van der Waals surface area contributed by atoms with E-state index in [4.69, 9.17) is 22.1 Å². The number of carboxylic acid groups (broad SMARTS) is 1. The highest BCUT2D eigenvalue weighted by atomic mass is 79.9. The maximum Gasteiger partial charge on any atom is 0.335 e. The third-order valence-electron chi connectivity index (χ3n) is 2.80. The molecule has 0 saturated heterocycles. The van der Waals surface area contributed by atoms with Crippen molar-refractivity contribution in [1.29, 1.82) is 0 Å². The molecule has 2 rings (SSSR count). The van der Waals surface area contributed by atoms with Gasteiger partial charge in [0.2, 0.25) is 0 Å². The highest BCUT2D eigenvalue weighted by Gasteiger charge is 2.08. The van der Waals surface area contributed by atoms with Gasteiger partial charge in [0.15, 0.2) is 11.7 Å². The maximum absolute atomic E-state index is 11.8. The van der Waals surface area contributed by atoms with Gasteiger partial charge in [-0.25, -0.2) is 4.79 Å². The van der Waals surface area contributed by atoms with Gasteiger partial charge in [-0.3, -0.25) is 10.1 Å². The number of hydrogen-bond donors (Lipinski definition) is 3. The maximum atomic E-state index is 11.8. The zero-order valence-corrected chi connectivity index (χ0v) is 14.7. The molecule has 0 spiro atoms. The normalized spacial score (nSPS) is 9.88. The average molecular weight is 409 g/mol. The molecule has 0 atom stereocenters. The molecule has 0 aliphatic carbocycles. The number of ether oxygens (including phenoxy) is 1. The molecule has 2 aromatic carbocycles. The lowest BCUT2D eigenvalue weighted by Crippen LogP contribution is -2.37. The average Bonchev–Trinajstić information content (AvgIpc) is 2.54. The molecule has 0 radical (unpaired) electrons. The van der Waals surface area contributed by atoms with Crippen LogP contribution >= 0.6 is 28.1 Å². The van der Waals surface area contributed by atoms with Crippen LogP contribution < -0.4 is 15.4 Å². The fraction of sp³-hybridized carbons (Fsp3) is 0.0625. The van der Waals surface area contributed by atoms with Crippen LogP contribution in [0.5, 0.6) is 5.75 Å². The molecule has 0 fully saturated rings. The number of carbonyl (C=O) groups excluding carboxylic acids is 1. The van der Waals surface area contributed by atoms with Gasteiger partial charge >= 0.3 is 5.97 Å². The molecule has 2 aromatic rings. The first-order valence-electron chi connectivity index (χ1n) is 6.76. The lowest BCUT2D eigenvalue weighted by molar-refractivity contribution is -0.121. The number of benzene rings is 2. The third kappa shape index (κ3) is 5.64. The quantitative estimate of drug-likeness (QED) is 0.659. The molecule has 1 amide bonds. The van der Waals surface area contributed by atoms with Crippen LogP contribution in [-0.2, 0) is 4.79 Å². The molecule has 0 unspecified atom stereocenters. The summed E-state index contributed by atoms with van der Waals surface area (Å²) in [4.78, 5) is 22.7. The molecule has 0 aromatic heterocycles. The van der Waals surface area contributed by atoms with E-state index in [0.717, 1.165) is 4.47 Å². The second-order valence-electron chi connectivity index (χ2n) is 4.63. The van der Waals surface area contributed by atoms with Crippen LogP contribution in [0.4, 0.5) is 5.69 Å². The van der Waals surface area contributed by atoms with E-state index in [1.807, 2.05) is 0 Å². The first kappa shape index (κ1) is 17.9. The van der Waals surface area contributed by atoms with Crippen molar-refractivity contribution < 1.29 is 19.4 Å². The molecule has 0 aliphatic rings. The largest absolute Gasteiger partial charge is 0.484 e. The Kier molecular flexibility index (Phi) is 6.28. The van der Waals surface area contributed by atoms with E-state index < -0.39 is 11.9 Å². The first-order valence-corrected chi connectivity index (χ1v) is 7.97. The summed E-state index contributed by atoms with van der Waals surface area (Å²) in [7, 11) is 0. The van der Waals surface area contributed by atoms with Crippen molar-refractivity contribution in [3.63, 3.8) is 0 Å². The third-order valence-corrected chi connectivity index (χ3v) is 3.54. The summed E-state index contributed by atoms with van der Waals surface area (Å²) in [6.45, 7) is -0.196. The van der Waals surface area contributed by atoms with Crippen LogP contribution in [0.1, 0.15) is 10.4 Å². The molecule has 0 aliphatic heterocycles. The number of hydrogen-bond acceptors (Lipinski definition) is 4. The van der Waals surface area contributed by atoms with Gasteiger partial charge in [0.1, 0.15) is 5.75 Å². The number of amides is 1. The molecular weight excluding hydrogens is 396 g/mol. The Balaban J connectivity index is 1.83. The van der Waals surface area contributed by atoms with E-state index in [2.05, 4.69) is 26.6 Å². The van der Waals surface area contributed by atoms with Crippen molar-refractivity contribution in [3.05, 3.63) is 58.6 Å². The summed E-state index contributed by atoms with van der Waals surface area (Å²) in [5.74, 6) is -0.914. The van der Waals surface area contributed by atoms with Crippen LogP contribution in [0, 0.1) is 0 Å². The molecule has 3 N–H and O–H groups in total. The molecule has 6 nitrogen and oxygen atoms in total. The van der Waals surface area contributed by atoms with Crippen molar-refractivity contribution in [2.45, 2.75) is 0 Å². The standard InChI is InChI=1S/C16H13BrN2O4S/c17-11-4-6-13(7-5-11)23-9-14(20)19-16(24)18-12-3-1-2-10(8-12)15(21)22/h1-8H,9H2,(H,21,22)(H2,18,19,20,24). The predicted molar refractivity (Wildman–Crippen MR) is 97.4 cm³/mol. The minimum absolute atomic E-state index is 0.0574. The van der Waals surface area contributed by atoms with Gasteiger partial charge in [0, 0.05) is 10.2 Å². The zero-order valence-electron chi connectivity index (χ0n) is 12.3. The summed E-state index contributed by atoms with van der Waals surface area (Å²) in [5.41, 5.74) is 0.585. The SMILES string of the molecule is O=C(COc1ccc(Br)cc1)NC(=S)Nc1cccc(C(=O)O)c1. The van der Waals surface area contributed by atoms with E-state index in [0.29, 0.717) is 11.4 Å². The van der Waals surface area contributed by atoms with Crippen LogP contribution in [0.25, 0.3) is 0 Å². The highest BCUT2D eigenvalue weighted by Crippen LogP contribution is 2.15. The van der Waals surface area contributed by atoms with Gasteiger partial charge in [-0.05, 0) is 54.7 Å². The molecular formula is C16H13BrN2O4S. The van der Waals surface area contributed by atoms with Crippen LogP contribution in [-0.4, -0.2) is 28.7 Å². The topological polar surface area (TPSA) is 87.7 Å². The van der Waals surface area contributed by atoms with Crippen molar-refractivity contribution >= 4 is 50.8 Å². The second kappa shape index (κ2) is 8.42. The second-order valence-corrected chi connectivity index (χ2v) is 5.95.